The molecule has 25 heavy (non-hydrogen) atoms. The fraction of sp³-hybridized carbons (Fsp3) is 0.500. The molecular weight excluding hydrogens is 322 g/mol. The molecule has 1 aromatic heterocycles. The van der Waals surface area contributed by atoms with E-state index in [1.807, 2.05) is 9.80 Å². The van der Waals surface area contributed by atoms with Crippen molar-refractivity contribution in [3.63, 3.8) is 0 Å². The van der Waals surface area contributed by atoms with Crippen LogP contribution in [0.25, 0.3) is 11.1 Å². The van der Waals surface area contributed by atoms with Gasteiger partial charge in [-0.3, -0.25) is 14.6 Å². The highest BCUT2D eigenvalue weighted by Gasteiger charge is 2.34. The summed E-state index contributed by atoms with van der Waals surface area (Å²) in [4.78, 5) is 42.4. The summed E-state index contributed by atoms with van der Waals surface area (Å²) < 4.78 is 4.98. The molecule has 4 rings (SSSR count). The fourth-order valence-electron chi connectivity index (χ4n) is 3.37. The highest BCUT2D eigenvalue weighted by Crippen LogP contribution is 2.31. The number of aromatic nitrogens is 1. The number of carbonyl (C=O) groups excluding carboxylic acids is 2. The number of hydrogen-bond acceptors (Lipinski definition) is 4. The Morgan fingerprint density at radius 2 is 1.88 bits per heavy atom. The number of nitrogens with one attached hydrogen (secondary N) is 1. The molecule has 132 valence electrons. The minimum atomic E-state index is -0.494. The first-order chi connectivity index (χ1) is 12.1. The SMILES string of the molecule is O=C(Cc1ccc2oc(=O)[nH]c2c1)N1CCCN(C(=O)C2CC2)CC1. The number of carbonyl (C=O) groups is 2. The molecule has 1 aliphatic heterocycles. The molecule has 1 N–H and O–H groups in total. The van der Waals surface area contributed by atoms with Crippen molar-refractivity contribution in [2.24, 2.45) is 5.92 Å². The van der Waals surface area contributed by atoms with Crippen molar-refractivity contribution in [3.8, 4) is 0 Å². The van der Waals surface area contributed by atoms with Gasteiger partial charge in [0.25, 0.3) is 0 Å². The van der Waals surface area contributed by atoms with Crippen molar-refractivity contribution < 1.29 is 14.0 Å². The first-order valence-electron chi connectivity index (χ1n) is 8.78. The maximum Gasteiger partial charge on any atom is 0.417 e. The number of hydrogen-bond donors (Lipinski definition) is 1. The van der Waals surface area contributed by atoms with Crippen LogP contribution in [0.1, 0.15) is 24.8 Å². The van der Waals surface area contributed by atoms with Gasteiger partial charge in [-0.05, 0) is 37.0 Å². The summed E-state index contributed by atoms with van der Waals surface area (Å²) in [6.45, 7) is 2.62. The van der Waals surface area contributed by atoms with Gasteiger partial charge in [0, 0.05) is 32.1 Å². The molecule has 1 aliphatic carbocycles. The molecule has 0 bridgehead atoms. The predicted octanol–water partition coefficient (Wildman–Crippen LogP) is 1.13. The van der Waals surface area contributed by atoms with Crippen LogP contribution in [0.4, 0.5) is 0 Å². The summed E-state index contributed by atoms with van der Waals surface area (Å²) in [7, 11) is 0. The Balaban J connectivity index is 1.39. The van der Waals surface area contributed by atoms with Crippen molar-refractivity contribution in [2.75, 3.05) is 26.2 Å². The standard InChI is InChI=1S/C18H21N3O4/c22-16(11-12-2-5-15-14(10-12)19-18(24)25-15)20-6-1-7-21(9-8-20)17(23)13-3-4-13/h2,5,10,13H,1,3-4,6-9,11H2,(H,19,24). The molecule has 2 amide bonds. The van der Waals surface area contributed by atoms with Crippen LogP contribution in [-0.4, -0.2) is 52.8 Å². The van der Waals surface area contributed by atoms with Gasteiger partial charge in [-0.2, -0.15) is 0 Å². The van der Waals surface area contributed by atoms with Crippen molar-refractivity contribution in [1.82, 2.24) is 14.8 Å². The van der Waals surface area contributed by atoms with E-state index in [1.165, 1.54) is 0 Å². The second-order valence-corrected chi connectivity index (χ2v) is 6.86. The van der Waals surface area contributed by atoms with Gasteiger partial charge in [-0.25, -0.2) is 4.79 Å². The smallest absolute Gasteiger partial charge is 0.408 e. The fourth-order valence-corrected chi connectivity index (χ4v) is 3.37. The topological polar surface area (TPSA) is 86.6 Å². The summed E-state index contributed by atoms with van der Waals surface area (Å²) in [6, 6.07) is 5.28. The molecule has 2 fully saturated rings. The highest BCUT2D eigenvalue weighted by atomic mass is 16.4. The van der Waals surface area contributed by atoms with Crippen LogP contribution < -0.4 is 5.76 Å². The third kappa shape index (κ3) is 3.45. The van der Waals surface area contributed by atoms with Crippen LogP contribution in [0.3, 0.4) is 0 Å². The zero-order chi connectivity index (χ0) is 17.4. The first-order valence-corrected chi connectivity index (χ1v) is 8.78. The summed E-state index contributed by atoms with van der Waals surface area (Å²) >= 11 is 0. The van der Waals surface area contributed by atoms with Gasteiger partial charge in [-0.1, -0.05) is 6.07 Å². The Kier molecular flexibility index (Phi) is 4.07. The van der Waals surface area contributed by atoms with Crippen molar-refractivity contribution in [1.29, 1.82) is 0 Å². The minimum Gasteiger partial charge on any atom is -0.408 e. The molecule has 0 unspecified atom stereocenters. The lowest BCUT2D eigenvalue weighted by atomic mass is 10.1. The van der Waals surface area contributed by atoms with E-state index in [4.69, 9.17) is 4.42 Å². The molecule has 1 saturated heterocycles. The van der Waals surface area contributed by atoms with Gasteiger partial charge in [0.05, 0.1) is 11.9 Å². The van der Waals surface area contributed by atoms with E-state index in [1.54, 1.807) is 18.2 Å². The summed E-state index contributed by atoms with van der Waals surface area (Å²) in [5.41, 5.74) is 1.93. The molecular formula is C18H21N3O4. The van der Waals surface area contributed by atoms with Crippen LogP contribution in [0.5, 0.6) is 0 Å². The van der Waals surface area contributed by atoms with Gasteiger partial charge >= 0.3 is 5.76 Å². The number of H-pyrrole nitrogens is 1. The molecule has 2 aliphatic rings. The van der Waals surface area contributed by atoms with E-state index in [-0.39, 0.29) is 24.2 Å². The first kappa shape index (κ1) is 15.9. The lowest BCUT2D eigenvalue weighted by Gasteiger charge is -2.22. The maximum absolute atomic E-state index is 12.6. The van der Waals surface area contributed by atoms with E-state index in [0.29, 0.717) is 30.7 Å². The second-order valence-electron chi connectivity index (χ2n) is 6.86. The molecule has 0 spiro atoms. The molecule has 2 aromatic rings. The molecule has 0 atom stereocenters. The molecule has 7 heteroatoms. The normalized spacial score (nSPS) is 18.4. The predicted molar refractivity (Wildman–Crippen MR) is 91.0 cm³/mol. The summed E-state index contributed by atoms with van der Waals surface area (Å²) in [6.07, 6.45) is 3.12. The molecule has 7 nitrogen and oxygen atoms in total. The zero-order valence-electron chi connectivity index (χ0n) is 14.0. The summed E-state index contributed by atoms with van der Waals surface area (Å²) in [5, 5.41) is 0. The average Bonchev–Trinajstić information content (AvgIpc) is 3.39. The van der Waals surface area contributed by atoms with E-state index >= 15 is 0 Å². The number of oxazole rings is 1. The number of fused-ring (bicyclic) bond motifs is 1. The van der Waals surface area contributed by atoms with E-state index < -0.39 is 5.76 Å². The molecule has 0 radical (unpaired) electrons. The lowest BCUT2D eigenvalue weighted by Crippen LogP contribution is -2.38. The van der Waals surface area contributed by atoms with Crippen LogP contribution >= 0.6 is 0 Å². The van der Waals surface area contributed by atoms with Crippen molar-refractivity contribution in [2.45, 2.75) is 25.7 Å². The third-order valence-corrected chi connectivity index (χ3v) is 4.93. The van der Waals surface area contributed by atoms with Gasteiger partial charge in [0.15, 0.2) is 5.58 Å². The number of rotatable bonds is 3. The quantitative estimate of drug-likeness (QED) is 0.905. The van der Waals surface area contributed by atoms with Gasteiger partial charge in [0.2, 0.25) is 11.8 Å². The molecule has 2 heterocycles. The lowest BCUT2D eigenvalue weighted by molar-refractivity contribution is -0.134. The summed E-state index contributed by atoms with van der Waals surface area (Å²) in [5.74, 6) is 0.0343. The number of nitrogens with zero attached hydrogens (tertiary/aromatic N) is 2. The number of benzene rings is 1. The number of aromatic amines is 1. The monoisotopic (exact) mass is 343 g/mol. The Labute approximate surface area is 144 Å². The van der Waals surface area contributed by atoms with Gasteiger partial charge in [0.1, 0.15) is 0 Å². The van der Waals surface area contributed by atoms with Crippen LogP contribution in [-0.2, 0) is 16.0 Å². The third-order valence-electron chi connectivity index (χ3n) is 4.93. The number of amides is 2. The Morgan fingerprint density at radius 1 is 1.12 bits per heavy atom. The van der Waals surface area contributed by atoms with Crippen molar-refractivity contribution >= 4 is 22.9 Å². The van der Waals surface area contributed by atoms with Gasteiger partial charge in [-0.15, -0.1) is 0 Å². The Bertz CT molecular complexity index is 865. The van der Waals surface area contributed by atoms with Gasteiger partial charge < -0.3 is 14.2 Å². The van der Waals surface area contributed by atoms with E-state index in [0.717, 1.165) is 31.4 Å². The highest BCUT2D eigenvalue weighted by molar-refractivity contribution is 5.82. The Hall–Kier alpha value is -2.57. The second kappa shape index (κ2) is 6.38. The van der Waals surface area contributed by atoms with E-state index in [2.05, 4.69) is 4.98 Å². The van der Waals surface area contributed by atoms with E-state index in [9.17, 15) is 14.4 Å². The molecule has 1 saturated carbocycles. The minimum absolute atomic E-state index is 0.0471. The maximum atomic E-state index is 12.6. The molecule has 1 aromatic carbocycles. The van der Waals surface area contributed by atoms with Crippen LogP contribution in [0, 0.1) is 5.92 Å². The largest absolute Gasteiger partial charge is 0.417 e. The van der Waals surface area contributed by atoms with Crippen LogP contribution in [0.15, 0.2) is 27.4 Å². The van der Waals surface area contributed by atoms with Crippen LogP contribution in [0.2, 0.25) is 0 Å². The Morgan fingerprint density at radius 3 is 2.68 bits per heavy atom. The average molecular weight is 343 g/mol. The van der Waals surface area contributed by atoms with Crippen molar-refractivity contribution in [3.05, 3.63) is 34.3 Å². The zero-order valence-corrected chi connectivity index (χ0v) is 14.0.